The van der Waals surface area contributed by atoms with Crippen LogP contribution in [0.3, 0.4) is 0 Å². The number of ether oxygens (including phenoxy) is 1. The molecule has 0 radical (unpaired) electrons. The lowest BCUT2D eigenvalue weighted by Crippen LogP contribution is -2.31. The molecule has 2 amide bonds. The maximum Gasteiger partial charge on any atom is 0.266 e. The van der Waals surface area contributed by atoms with E-state index in [2.05, 4.69) is 26.2 Å². The quantitative estimate of drug-likeness (QED) is 0.360. The minimum atomic E-state index is -0.816. The summed E-state index contributed by atoms with van der Waals surface area (Å²) in [5, 5.41) is 2.56. The van der Waals surface area contributed by atoms with Crippen molar-refractivity contribution >= 4 is 27.7 Å². The number of primary amides is 1. The van der Waals surface area contributed by atoms with E-state index in [-0.39, 0.29) is 46.7 Å². The number of nitrogens with two attached hydrogens (primary N) is 2. The average Bonchev–Trinajstić information content (AvgIpc) is 2.79. The Bertz CT molecular complexity index is 1280. The highest BCUT2D eigenvalue weighted by Gasteiger charge is 2.21. The highest BCUT2D eigenvalue weighted by molar-refractivity contribution is 9.10. The summed E-state index contributed by atoms with van der Waals surface area (Å²) in [5.74, 6) is -2.67. The lowest BCUT2D eigenvalue weighted by Gasteiger charge is -2.18. The molecule has 0 saturated heterocycles. The van der Waals surface area contributed by atoms with Gasteiger partial charge in [0.2, 0.25) is 11.8 Å². The van der Waals surface area contributed by atoms with E-state index in [0.717, 1.165) is 12.1 Å². The number of carbonyl (C=O) groups excluding carboxylic acids is 2. The Morgan fingerprint density at radius 1 is 1.15 bits per heavy atom. The molecule has 2 aromatic carbocycles. The first-order valence-corrected chi connectivity index (χ1v) is 10.4. The van der Waals surface area contributed by atoms with Crippen LogP contribution in [0.4, 0.5) is 8.78 Å². The summed E-state index contributed by atoms with van der Waals surface area (Å²) in [6.45, 7) is -0.707. The lowest BCUT2D eigenvalue weighted by atomic mass is 10.00. The van der Waals surface area contributed by atoms with Gasteiger partial charge in [0.15, 0.2) is 0 Å². The van der Waals surface area contributed by atoms with Gasteiger partial charge in [-0.1, -0.05) is 12.1 Å². The Kier molecular flexibility index (Phi) is 7.56. The van der Waals surface area contributed by atoms with Gasteiger partial charge < -0.3 is 26.5 Å². The molecule has 3 aromatic rings. The predicted octanol–water partition coefficient (Wildman–Crippen LogP) is 2.34. The SMILES string of the molecule is NCC(=O)NCc1[nH]c(=O)c(Br)c(OCc2ccc(F)cc2F)c1-c1cccc(C(N)=O)c1. The third-order valence-corrected chi connectivity index (χ3v) is 5.38. The Balaban J connectivity index is 2.14. The molecular formula is C22H19BrF2N4O4. The summed E-state index contributed by atoms with van der Waals surface area (Å²) < 4.78 is 33.1. The van der Waals surface area contributed by atoms with Crippen molar-refractivity contribution in [1.29, 1.82) is 0 Å². The van der Waals surface area contributed by atoms with Crippen LogP contribution >= 0.6 is 15.9 Å². The minimum absolute atomic E-state index is 0.00148. The molecule has 1 heterocycles. The van der Waals surface area contributed by atoms with Crippen LogP contribution in [0.15, 0.2) is 51.7 Å². The maximum atomic E-state index is 14.1. The zero-order valence-electron chi connectivity index (χ0n) is 17.1. The van der Waals surface area contributed by atoms with E-state index in [4.69, 9.17) is 16.2 Å². The van der Waals surface area contributed by atoms with Gasteiger partial charge in [-0.15, -0.1) is 0 Å². The van der Waals surface area contributed by atoms with Crippen molar-refractivity contribution < 1.29 is 23.1 Å². The van der Waals surface area contributed by atoms with Crippen LogP contribution in [0.1, 0.15) is 21.6 Å². The molecule has 8 nitrogen and oxygen atoms in total. The summed E-state index contributed by atoms with van der Waals surface area (Å²) in [4.78, 5) is 38.6. The third-order valence-electron chi connectivity index (χ3n) is 4.66. The van der Waals surface area contributed by atoms with Crippen LogP contribution in [-0.4, -0.2) is 23.3 Å². The number of aromatic amines is 1. The first-order valence-electron chi connectivity index (χ1n) is 9.59. The maximum absolute atomic E-state index is 14.1. The van der Waals surface area contributed by atoms with E-state index < -0.39 is 29.0 Å². The number of pyridine rings is 1. The third kappa shape index (κ3) is 5.62. The molecule has 0 aliphatic heterocycles. The highest BCUT2D eigenvalue weighted by Crippen LogP contribution is 2.37. The molecule has 172 valence electrons. The molecule has 0 atom stereocenters. The van der Waals surface area contributed by atoms with Gasteiger partial charge in [0.1, 0.15) is 28.5 Å². The number of halogens is 3. The normalized spacial score (nSPS) is 10.7. The van der Waals surface area contributed by atoms with Crippen molar-refractivity contribution in [3.63, 3.8) is 0 Å². The second-order valence-electron chi connectivity index (χ2n) is 6.90. The molecule has 1 aromatic heterocycles. The van der Waals surface area contributed by atoms with Crippen molar-refractivity contribution in [2.24, 2.45) is 11.5 Å². The largest absolute Gasteiger partial charge is 0.487 e. The van der Waals surface area contributed by atoms with Gasteiger partial charge in [-0.25, -0.2) is 8.78 Å². The smallest absolute Gasteiger partial charge is 0.266 e. The second-order valence-corrected chi connectivity index (χ2v) is 7.69. The second kappa shape index (κ2) is 10.4. The Morgan fingerprint density at radius 3 is 2.58 bits per heavy atom. The Hall–Kier alpha value is -3.57. The van der Waals surface area contributed by atoms with Crippen LogP contribution in [0.5, 0.6) is 5.75 Å². The number of aromatic nitrogens is 1. The molecule has 6 N–H and O–H groups in total. The Labute approximate surface area is 195 Å². The van der Waals surface area contributed by atoms with Gasteiger partial charge >= 0.3 is 0 Å². The number of hydrogen-bond donors (Lipinski definition) is 4. The lowest BCUT2D eigenvalue weighted by molar-refractivity contribution is -0.119. The molecule has 11 heteroatoms. The molecule has 0 aliphatic carbocycles. The zero-order valence-corrected chi connectivity index (χ0v) is 18.7. The minimum Gasteiger partial charge on any atom is -0.487 e. The van der Waals surface area contributed by atoms with E-state index >= 15 is 0 Å². The first-order chi connectivity index (χ1) is 15.7. The summed E-state index contributed by atoms with van der Waals surface area (Å²) in [7, 11) is 0. The fraction of sp³-hybridized carbons (Fsp3) is 0.136. The fourth-order valence-electron chi connectivity index (χ4n) is 3.05. The predicted molar refractivity (Wildman–Crippen MR) is 120 cm³/mol. The monoisotopic (exact) mass is 520 g/mol. The summed E-state index contributed by atoms with van der Waals surface area (Å²) >= 11 is 3.19. The van der Waals surface area contributed by atoms with Gasteiger partial charge in [0.05, 0.1) is 13.1 Å². The summed E-state index contributed by atoms with van der Waals surface area (Å²) in [5.41, 5.74) is 11.4. The number of amides is 2. The van der Waals surface area contributed by atoms with E-state index in [1.165, 1.54) is 18.2 Å². The number of rotatable bonds is 8. The van der Waals surface area contributed by atoms with Crippen LogP contribution in [0.2, 0.25) is 0 Å². The fourth-order valence-corrected chi connectivity index (χ4v) is 3.47. The van der Waals surface area contributed by atoms with Crippen molar-refractivity contribution in [3.8, 4) is 16.9 Å². The van der Waals surface area contributed by atoms with Crippen LogP contribution in [0, 0.1) is 11.6 Å². The first kappa shape index (κ1) is 24.1. The van der Waals surface area contributed by atoms with E-state index in [9.17, 15) is 23.2 Å². The van der Waals surface area contributed by atoms with Crippen LogP contribution < -0.4 is 27.1 Å². The van der Waals surface area contributed by atoms with Crippen LogP contribution in [0.25, 0.3) is 11.1 Å². The molecule has 0 fully saturated rings. The zero-order chi connectivity index (χ0) is 24.1. The molecular weight excluding hydrogens is 502 g/mol. The Morgan fingerprint density at radius 2 is 1.91 bits per heavy atom. The summed E-state index contributed by atoms with van der Waals surface area (Å²) in [6, 6.07) is 9.25. The van der Waals surface area contributed by atoms with Gasteiger partial charge in [0, 0.05) is 28.5 Å². The number of nitrogens with one attached hydrogen (secondary N) is 2. The van der Waals surface area contributed by atoms with E-state index in [0.29, 0.717) is 11.1 Å². The van der Waals surface area contributed by atoms with Crippen molar-refractivity contribution in [1.82, 2.24) is 10.3 Å². The molecule has 0 saturated carbocycles. The number of H-pyrrole nitrogens is 1. The van der Waals surface area contributed by atoms with E-state index in [1.54, 1.807) is 12.1 Å². The summed E-state index contributed by atoms with van der Waals surface area (Å²) in [6.07, 6.45) is 0. The van der Waals surface area contributed by atoms with E-state index in [1.807, 2.05) is 0 Å². The van der Waals surface area contributed by atoms with Gasteiger partial charge in [-0.3, -0.25) is 14.4 Å². The molecule has 0 bridgehead atoms. The van der Waals surface area contributed by atoms with Crippen LogP contribution in [-0.2, 0) is 17.9 Å². The number of benzene rings is 2. The number of carbonyl (C=O) groups is 2. The van der Waals surface area contributed by atoms with Crippen molar-refractivity contribution in [2.75, 3.05) is 6.54 Å². The average molecular weight is 521 g/mol. The van der Waals surface area contributed by atoms with Gasteiger partial charge in [-0.2, -0.15) is 0 Å². The topological polar surface area (TPSA) is 140 Å². The molecule has 0 spiro atoms. The standard InChI is InChI=1S/C22H19BrF2N4O4/c23-19-20(33-10-13-4-5-14(24)7-15(13)25)18(11-2-1-3-12(6-11)21(27)31)16(29-22(19)32)9-28-17(30)8-26/h1-7H,8-10,26H2,(H2,27,31)(H,28,30)(H,29,32). The molecule has 0 aliphatic rings. The number of hydrogen-bond acceptors (Lipinski definition) is 5. The van der Waals surface area contributed by atoms with Crippen molar-refractivity contribution in [2.45, 2.75) is 13.2 Å². The molecule has 33 heavy (non-hydrogen) atoms. The highest BCUT2D eigenvalue weighted by atomic mass is 79.9. The van der Waals surface area contributed by atoms with Gasteiger partial charge in [0.25, 0.3) is 5.56 Å². The van der Waals surface area contributed by atoms with Gasteiger partial charge in [-0.05, 0) is 45.8 Å². The molecule has 0 unspecified atom stereocenters. The van der Waals surface area contributed by atoms with Crippen molar-refractivity contribution in [3.05, 3.63) is 85.7 Å². The molecule has 3 rings (SSSR count).